The van der Waals surface area contributed by atoms with E-state index in [2.05, 4.69) is 42.6 Å². The number of ether oxygens (including phenoxy) is 1. The molecule has 3 nitrogen and oxygen atoms in total. The first-order valence-electron chi connectivity index (χ1n) is 7.58. The number of benzene rings is 2. The zero-order valence-electron chi connectivity index (χ0n) is 13.4. The van der Waals surface area contributed by atoms with E-state index >= 15 is 0 Å². The number of fused-ring (bicyclic) bond motifs is 3. The summed E-state index contributed by atoms with van der Waals surface area (Å²) < 4.78 is 5.30. The molecule has 0 aliphatic heterocycles. The molecule has 1 unspecified atom stereocenters. The van der Waals surface area contributed by atoms with Gasteiger partial charge in [-0.3, -0.25) is 5.32 Å². The molecule has 0 saturated heterocycles. The molecule has 0 fully saturated rings. The predicted molar refractivity (Wildman–Crippen MR) is 89.3 cm³/mol. The Labute approximate surface area is 131 Å². The summed E-state index contributed by atoms with van der Waals surface area (Å²) in [6.45, 7) is 7.76. The summed E-state index contributed by atoms with van der Waals surface area (Å²) in [7, 11) is 0. The molecule has 22 heavy (non-hydrogen) atoms. The topological polar surface area (TPSA) is 38.3 Å². The molecule has 0 spiro atoms. The van der Waals surface area contributed by atoms with Crippen LogP contribution < -0.4 is 5.32 Å². The summed E-state index contributed by atoms with van der Waals surface area (Å²) in [6.07, 6.45) is -0.421. The minimum absolute atomic E-state index is 0.339. The zero-order chi connectivity index (χ0) is 15.9. The third kappa shape index (κ3) is 2.71. The number of hydrogen-bond acceptors (Lipinski definition) is 2. The van der Waals surface area contributed by atoms with Gasteiger partial charge in [0, 0.05) is 11.6 Å². The molecule has 1 aliphatic carbocycles. The molecule has 0 bridgehead atoms. The first-order valence-corrected chi connectivity index (χ1v) is 7.58. The average molecular weight is 295 g/mol. The van der Waals surface area contributed by atoms with Gasteiger partial charge in [0.05, 0.1) is 0 Å². The van der Waals surface area contributed by atoms with Crippen LogP contribution in [0.1, 0.15) is 44.7 Å². The lowest BCUT2D eigenvalue weighted by atomic mass is 9.99. The summed E-state index contributed by atoms with van der Waals surface area (Å²) in [5.41, 5.74) is 5.39. The Morgan fingerprint density at radius 3 is 2.45 bits per heavy atom. The van der Waals surface area contributed by atoms with Gasteiger partial charge in [0.1, 0.15) is 5.60 Å². The second kappa shape index (κ2) is 5.16. The number of carbonyl (C=O) groups is 1. The largest absolute Gasteiger partial charge is 0.444 e. The second-order valence-electron chi connectivity index (χ2n) is 6.74. The van der Waals surface area contributed by atoms with E-state index in [1.807, 2.05) is 32.9 Å². The number of nitrogens with one attached hydrogen (secondary N) is 1. The van der Waals surface area contributed by atoms with Crippen molar-refractivity contribution in [2.45, 2.75) is 39.2 Å². The summed E-state index contributed by atoms with van der Waals surface area (Å²) >= 11 is 0. The first kappa shape index (κ1) is 14.6. The summed E-state index contributed by atoms with van der Waals surface area (Å²) in [4.78, 5) is 11.9. The van der Waals surface area contributed by atoms with Gasteiger partial charge in [-0.25, -0.2) is 4.79 Å². The van der Waals surface area contributed by atoms with Crippen LogP contribution >= 0.6 is 0 Å². The number of amides is 1. The van der Waals surface area contributed by atoms with Gasteiger partial charge < -0.3 is 4.74 Å². The van der Waals surface area contributed by atoms with E-state index < -0.39 is 11.7 Å². The highest BCUT2D eigenvalue weighted by atomic mass is 16.6. The Balaban J connectivity index is 1.86. The van der Waals surface area contributed by atoms with Gasteiger partial charge in [0.15, 0.2) is 0 Å². The van der Waals surface area contributed by atoms with Crippen molar-refractivity contribution >= 4 is 11.8 Å². The van der Waals surface area contributed by atoms with Crippen molar-refractivity contribution in [2.75, 3.05) is 5.32 Å². The molecule has 0 saturated carbocycles. The van der Waals surface area contributed by atoms with E-state index in [9.17, 15) is 4.79 Å². The van der Waals surface area contributed by atoms with Crippen LogP contribution in [-0.2, 0) is 4.74 Å². The Hall–Kier alpha value is -2.29. The Bertz CT molecular complexity index is 728. The van der Waals surface area contributed by atoms with Crippen LogP contribution in [0.3, 0.4) is 0 Å². The van der Waals surface area contributed by atoms with Crippen molar-refractivity contribution in [3.05, 3.63) is 53.6 Å². The molecular weight excluding hydrogens is 274 g/mol. The second-order valence-corrected chi connectivity index (χ2v) is 6.74. The molecule has 0 radical (unpaired) electrons. The molecule has 1 aliphatic rings. The molecule has 0 heterocycles. The van der Waals surface area contributed by atoms with Crippen molar-refractivity contribution in [3.63, 3.8) is 0 Å². The van der Waals surface area contributed by atoms with E-state index in [1.165, 1.54) is 22.3 Å². The average Bonchev–Trinajstić information content (AvgIpc) is 2.71. The maximum Gasteiger partial charge on any atom is 0.412 e. The quantitative estimate of drug-likeness (QED) is 0.788. The fraction of sp³-hybridized carbons (Fsp3) is 0.316. The van der Waals surface area contributed by atoms with Crippen molar-refractivity contribution in [2.24, 2.45) is 0 Å². The standard InChI is InChI=1S/C19H21NO2/c1-12-14-7-5-6-8-15(14)16-10-9-13(11-17(12)16)20-18(21)22-19(2,3)4/h5-12H,1-4H3,(H,20,21). The molecule has 114 valence electrons. The van der Waals surface area contributed by atoms with Crippen LogP contribution in [0.25, 0.3) is 11.1 Å². The van der Waals surface area contributed by atoms with Crippen LogP contribution in [0, 0.1) is 0 Å². The SMILES string of the molecule is CC1c2ccccc2-c2ccc(NC(=O)OC(C)(C)C)cc21. The Morgan fingerprint density at radius 1 is 1.05 bits per heavy atom. The zero-order valence-corrected chi connectivity index (χ0v) is 13.4. The lowest BCUT2D eigenvalue weighted by molar-refractivity contribution is 0.0636. The molecule has 1 atom stereocenters. The van der Waals surface area contributed by atoms with Crippen LogP contribution in [0.4, 0.5) is 10.5 Å². The smallest absolute Gasteiger partial charge is 0.412 e. The highest BCUT2D eigenvalue weighted by Crippen LogP contribution is 2.45. The van der Waals surface area contributed by atoms with Gasteiger partial charge in [-0.2, -0.15) is 0 Å². The van der Waals surface area contributed by atoms with Gasteiger partial charge in [0.2, 0.25) is 0 Å². The third-order valence-electron chi connectivity index (χ3n) is 3.88. The van der Waals surface area contributed by atoms with Crippen LogP contribution in [0.5, 0.6) is 0 Å². The number of rotatable bonds is 1. The summed E-state index contributed by atoms with van der Waals surface area (Å²) in [6, 6.07) is 14.5. The highest BCUT2D eigenvalue weighted by molar-refractivity contribution is 5.87. The van der Waals surface area contributed by atoms with Gasteiger partial charge in [-0.05, 0) is 55.2 Å². The minimum atomic E-state index is -0.496. The maximum atomic E-state index is 11.9. The molecule has 3 rings (SSSR count). The maximum absolute atomic E-state index is 11.9. The molecule has 3 heteroatoms. The van der Waals surface area contributed by atoms with Gasteiger partial charge in [-0.15, -0.1) is 0 Å². The van der Waals surface area contributed by atoms with Gasteiger partial charge >= 0.3 is 6.09 Å². The van der Waals surface area contributed by atoms with Gasteiger partial charge in [-0.1, -0.05) is 37.3 Å². The highest BCUT2D eigenvalue weighted by Gasteiger charge is 2.25. The number of carbonyl (C=O) groups excluding carboxylic acids is 1. The monoisotopic (exact) mass is 295 g/mol. The molecule has 2 aromatic rings. The van der Waals surface area contributed by atoms with E-state index in [4.69, 9.17) is 4.74 Å². The third-order valence-corrected chi connectivity index (χ3v) is 3.88. The lowest BCUT2D eigenvalue weighted by Crippen LogP contribution is -2.27. The Morgan fingerprint density at radius 2 is 1.73 bits per heavy atom. The predicted octanol–water partition coefficient (Wildman–Crippen LogP) is 5.17. The van der Waals surface area contributed by atoms with Gasteiger partial charge in [0.25, 0.3) is 0 Å². The van der Waals surface area contributed by atoms with Crippen molar-refractivity contribution in [1.82, 2.24) is 0 Å². The molecule has 0 aromatic heterocycles. The Kier molecular flexibility index (Phi) is 3.44. The van der Waals surface area contributed by atoms with Crippen LogP contribution in [-0.4, -0.2) is 11.7 Å². The normalized spacial score (nSPS) is 15.9. The molecule has 1 amide bonds. The summed E-state index contributed by atoms with van der Waals surface area (Å²) in [5.74, 6) is 0.339. The van der Waals surface area contributed by atoms with E-state index in [1.54, 1.807) is 0 Å². The van der Waals surface area contributed by atoms with E-state index in [0.29, 0.717) is 5.92 Å². The molecular formula is C19H21NO2. The summed E-state index contributed by atoms with van der Waals surface area (Å²) in [5, 5.41) is 2.81. The number of anilines is 1. The fourth-order valence-corrected chi connectivity index (χ4v) is 2.95. The van der Waals surface area contributed by atoms with Crippen molar-refractivity contribution in [1.29, 1.82) is 0 Å². The van der Waals surface area contributed by atoms with E-state index in [0.717, 1.165) is 5.69 Å². The number of hydrogen-bond donors (Lipinski definition) is 1. The minimum Gasteiger partial charge on any atom is -0.444 e. The van der Waals surface area contributed by atoms with Crippen molar-refractivity contribution in [3.8, 4) is 11.1 Å². The molecule has 1 N–H and O–H groups in total. The van der Waals surface area contributed by atoms with Crippen molar-refractivity contribution < 1.29 is 9.53 Å². The fourth-order valence-electron chi connectivity index (χ4n) is 2.95. The van der Waals surface area contributed by atoms with E-state index in [-0.39, 0.29) is 0 Å². The van der Waals surface area contributed by atoms with Crippen LogP contribution in [0.2, 0.25) is 0 Å². The van der Waals surface area contributed by atoms with Crippen LogP contribution in [0.15, 0.2) is 42.5 Å². The molecule has 2 aromatic carbocycles. The lowest BCUT2D eigenvalue weighted by Gasteiger charge is -2.20. The first-order chi connectivity index (χ1) is 10.3.